The molecule has 0 aromatic heterocycles. The number of rotatable bonds is 1. The quantitative estimate of drug-likeness (QED) is 0.701. The molecule has 1 aromatic carbocycles. The van der Waals surface area contributed by atoms with E-state index in [1.54, 1.807) is 24.3 Å². The number of nitrogens with zero attached hydrogens (tertiary/aromatic N) is 1. The maximum absolute atomic E-state index is 12.3. The number of carbonyl (C=O) groups excluding carboxylic acids is 2. The number of carbonyl (C=O) groups is 2. The van der Waals surface area contributed by atoms with Crippen LogP contribution in [0.25, 0.3) is 0 Å². The molecule has 0 bridgehead atoms. The van der Waals surface area contributed by atoms with E-state index in [2.05, 4.69) is 5.32 Å². The van der Waals surface area contributed by atoms with Gasteiger partial charge in [-0.15, -0.1) is 0 Å². The summed E-state index contributed by atoms with van der Waals surface area (Å²) in [4.78, 5) is 25.3. The predicted molar refractivity (Wildman–Crippen MR) is 65.0 cm³/mol. The fraction of sp³-hybridized carbons (Fsp3) is 0.333. The Hall–Kier alpha value is -2.08. The number of hydrogen-bond acceptors (Lipinski definition) is 4. The van der Waals surface area contributed by atoms with Crippen LogP contribution < -0.4 is 16.0 Å². The number of nitrogen functional groups attached to an aromatic ring is 1. The van der Waals surface area contributed by atoms with Gasteiger partial charge in [-0.3, -0.25) is 4.79 Å². The molecule has 18 heavy (non-hydrogen) atoms. The van der Waals surface area contributed by atoms with E-state index in [-0.39, 0.29) is 17.9 Å². The minimum absolute atomic E-state index is 0.199. The van der Waals surface area contributed by atoms with Gasteiger partial charge in [0.25, 0.3) is 0 Å². The zero-order valence-corrected chi connectivity index (χ0v) is 9.63. The normalized spacial score (nSPS) is 27.0. The molecule has 2 unspecified atom stereocenters. The number of urea groups is 1. The predicted octanol–water partition coefficient (Wildman–Crippen LogP) is 0.340. The van der Waals surface area contributed by atoms with Gasteiger partial charge in [0, 0.05) is 5.69 Å². The summed E-state index contributed by atoms with van der Waals surface area (Å²) >= 11 is 0. The van der Waals surface area contributed by atoms with Gasteiger partial charge in [0.2, 0.25) is 5.91 Å². The van der Waals surface area contributed by atoms with Crippen LogP contribution in [0.15, 0.2) is 24.3 Å². The van der Waals surface area contributed by atoms with Crippen LogP contribution in [0.3, 0.4) is 0 Å². The number of ether oxygens (including phenoxy) is 1. The Bertz CT molecular complexity index is 500. The van der Waals surface area contributed by atoms with Crippen molar-refractivity contribution in [2.75, 3.05) is 23.8 Å². The summed E-state index contributed by atoms with van der Waals surface area (Å²) in [5.74, 6) is -0.508. The minimum atomic E-state index is -0.406. The number of imide groups is 1. The van der Waals surface area contributed by atoms with Crippen molar-refractivity contribution in [1.29, 1.82) is 0 Å². The first kappa shape index (κ1) is 11.0. The van der Waals surface area contributed by atoms with E-state index in [0.29, 0.717) is 24.6 Å². The number of nitrogens with two attached hydrogens (primary N) is 1. The van der Waals surface area contributed by atoms with Crippen molar-refractivity contribution < 1.29 is 14.3 Å². The zero-order valence-electron chi connectivity index (χ0n) is 9.63. The number of anilines is 2. The van der Waals surface area contributed by atoms with E-state index in [0.717, 1.165) is 4.90 Å². The highest BCUT2D eigenvalue weighted by molar-refractivity contribution is 6.17. The molecule has 6 heteroatoms. The van der Waals surface area contributed by atoms with Gasteiger partial charge in [-0.2, -0.15) is 0 Å². The van der Waals surface area contributed by atoms with Crippen LogP contribution in [0.4, 0.5) is 16.2 Å². The van der Waals surface area contributed by atoms with Crippen molar-refractivity contribution in [1.82, 2.24) is 5.32 Å². The molecule has 3 N–H and O–H groups in total. The van der Waals surface area contributed by atoms with Crippen molar-refractivity contribution in [3.63, 3.8) is 0 Å². The largest absolute Gasteiger partial charge is 0.399 e. The second kappa shape index (κ2) is 3.99. The molecule has 1 aromatic rings. The fourth-order valence-electron chi connectivity index (χ4n) is 2.30. The first-order valence-electron chi connectivity index (χ1n) is 5.74. The monoisotopic (exact) mass is 247 g/mol. The standard InChI is InChI=1S/C12H13N3O3/c13-7-1-3-8(4-2-7)15-11(16)9-5-18-6-10(9)14-12(15)17/h1-4,9-10H,5-6,13H2,(H,14,17). The number of nitrogens with one attached hydrogen (secondary N) is 1. The van der Waals surface area contributed by atoms with Crippen molar-refractivity contribution in [2.45, 2.75) is 6.04 Å². The van der Waals surface area contributed by atoms with Gasteiger partial charge in [0.05, 0.1) is 30.9 Å². The lowest BCUT2D eigenvalue weighted by atomic mass is 9.99. The third kappa shape index (κ3) is 1.62. The Labute approximate surface area is 104 Å². The molecule has 2 saturated heterocycles. The number of benzene rings is 1. The maximum Gasteiger partial charge on any atom is 0.329 e. The van der Waals surface area contributed by atoms with Crippen LogP contribution in [-0.2, 0) is 9.53 Å². The topological polar surface area (TPSA) is 84.7 Å². The summed E-state index contributed by atoms with van der Waals surface area (Å²) in [6, 6.07) is 6.03. The zero-order chi connectivity index (χ0) is 12.7. The summed E-state index contributed by atoms with van der Waals surface area (Å²) in [5.41, 5.74) is 6.70. The third-order valence-corrected chi connectivity index (χ3v) is 3.28. The van der Waals surface area contributed by atoms with E-state index >= 15 is 0 Å². The Morgan fingerprint density at radius 2 is 1.94 bits per heavy atom. The number of hydrogen-bond donors (Lipinski definition) is 2. The molecule has 2 aliphatic rings. The van der Waals surface area contributed by atoms with Gasteiger partial charge in [0.15, 0.2) is 0 Å². The smallest absolute Gasteiger partial charge is 0.329 e. The van der Waals surface area contributed by atoms with Crippen LogP contribution in [0.2, 0.25) is 0 Å². The number of amides is 3. The summed E-state index contributed by atoms with van der Waals surface area (Å²) in [5, 5.41) is 2.78. The van der Waals surface area contributed by atoms with Crippen LogP contribution in [0, 0.1) is 5.92 Å². The van der Waals surface area contributed by atoms with Gasteiger partial charge in [-0.1, -0.05) is 0 Å². The van der Waals surface area contributed by atoms with Crippen molar-refractivity contribution in [2.24, 2.45) is 5.92 Å². The van der Waals surface area contributed by atoms with Gasteiger partial charge in [0.1, 0.15) is 0 Å². The average molecular weight is 247 g/mol. The molecular weight excluding hydrogens is 234 g/mol. The molecule has 0 saturated carbocycles. The molecule has 3 rings (SSSR count). The van der Waals surface area contributed by atoms with Crippen LogP contribution in [0.5, 0.6) is 0 Å². The van der Waals surface area contributed by atoms with Crippen LogP contribution in [-0.4, -0.2) is 31.2 Å². The molecule has 3 amide bonds. The second-order valence-corrected chi connectivity index (χ2v) is 4.47. The van der Waals surface area contributed by atoms with E-state index < -0.39 is 6.03 Å². The first-order chi connectivity index (χ1) is 8.66. The highest BCUT2D eigenvalue weighted by Crippen LogP contribution is 2.26. The lowest BCUT2D eigenvalue weighted by molar-refractivity contribution is -0.122. The van der Waals surface area contributed by atoms with Gasteiger partial charge < -0.3 is 15.8 Å². The maximum atomic E-state index is 12.3. The summed E-state index contributed by atoms with van der Waals surface area (Å²) < 4.78 is 5.23. The Morgan fingerprint density at radius 3 is 2.67 bits per heavy atom. The molecule has 2 fully saturated rings. The summed E-state index contributed by atoms with van der Waals surface area (Å²) in [6.45, 7) is 0.757. The highest BCUT2D eigenvalue weighted by atomic mass is 16.5. The Kier molecular flexibility index (Phi) is 2.45. The Morgan fingerprint density at radius 1 is 1.22 bits per heavy atom. The molecule has 0 aliphatic carbocycles. The third-order valence-electron chi connectivity index (χ3n) is 3.28. The first-order valence-corrected chi connectivity index (χ1v) is 5.74. The number of fused-ring (bicyclic) bond motifs is 1. The molecule has 0 spiro atoms. The Balaban J connectivity index is 1.93. The highest BCUT2D eigenvalue weighted by Gasteiger charge is 2.44. The van der Waals surface area contributed by atoms with E-state index in [1.165, 1.54) is 0 Å². The lowest BCUT2D eigenvalue weighted by Gasteiger charge is -2.32. The van der Waals surface area contributed by atoms with Crippen LogP contribution >= 0.6 is 0 Å². The average Bonchev–Trinajstić information content (AvgIpc) is 2.80. The molecule has 2 atom stereocenters. The van der Waals surface area contributed by atoms with Gasteiger partial charge >= 0.3 is 6.03 Å². The van der Waals surface area contributed by atoms with E-state index in [4.69, 9.17) is 10.5 Å². The molecule has 6 nitrogen and oxygen atoms in total. The SMILES string of the molecule is Nc1ccc(N2C(=O)NC3COCC3C2=O)cc1. The lowest BCUT2D eigenvalue weighted by Crippen LogP contribution is -2.59. The molecular formula is C12H13N3O3. The minimum Gasteiger partial charge on any atom is -0.399 e. The molecule has 2 heterocycles. The van der Waals surface area contributed by atoms with Crippen LogP contribution in [0.1, 0.15) is 0 Å². The fourth-order valence-corrected chi connectivity index (χ4v) is 2.30. The molecule has 94 valence electrons. The van der Waals surface area contributed by atoms with Gasteiger partial charge in [-0.25, -0.2) is 9.69 Å². The second-order valence-electron chi connectivity index (χ2n) is 4.47. The summed E-state index contributed by atoms with van der Waals surface area (Å²) in [7, 11) is 0. The van der Waals surface area contributed by atoms with Crippen molar-refractivity contribution in [3.8, 4) is 0 Å². The molecule has 2 aliphatic heterocycles. The van der Waals surface area contributed by atoms with Crippen molar-refractivity contribution >= 4 is 23.3 Å². The van der Waals surface area contributed by atoms with Crippen molar-refractivity contribution in [3.05, 3.63) is 24.3 Å². The van der Waals surface area contributed by atoms with E-state index in [1.807, 2.05) is 0 Å². The van der Waals surface area contributed by atoms with Gasteiger partial charge in [-0.05, 0) is 24.3 Å². The summed E-state index contributed by atoms with van der Waals surface area (Å²) in [6.07, 6.45) is 0. The molecule has 0 radical (unpaired) electrons. The van der Waals surface area contributed by atoms with E-state index in [9.17, 15) is 9.59 Å².